The molecule has 5 heteroatoms. The minimum Gasteiger partial charge on any atom is -0.497 e. The molecule has 148 valence electrons. The summed E-state index contributed by atoms with van der Waals surface area (Å²) in [5, 5.41) is 18.6. The molecule has 0 saturated carbocycles. The van der Waals surface area contributed by atoms with Gasteiger partial charge in [-0.25, -0.2) is 0 Å². The molecular formula is C22H30O5. The van der Waals surface area contributed by atoms with Gasteiger partial charge in [-0.05, 0) is 61.1 Å². The number of hydrogen-bond donors (Lipinski definition) is 2. The summed E-state index contributed by atoms with van der Waals surface area (Å²) < 4.78 is 17.2. The van der Waals surface area contributed by atoms with Gasteiger partial charge in [-0.2, -0.15) is 0 Å². The maximum atomic E-state index is 9.29. The molecule has 0 aromatic heterocycles. The van der Waals surface area contributed by atoms with E-state index in [1.807, 2.05) is 48.5 Å². The van der Waals surface area contributed by atoms with Gasteiger partial charge in [0.1, 0.15) is 11.5 Å². The lowest BCUT2D eigenvalue weighted by atomic mass is 10.0. The van der Waals surface area contributed by atoms with Crippen molar-refractivity contribution in [2.75, 3.05) is 27.4 Å². The van der Waals surface area contributed by atoms with E-state index in [1.54, 1.807) is 14.2 Å². The Kier molecular flexibility index (Phi) is 9.11. The molecule has 0 heterocycles. The smallest absolute Gasteiger partial charge is 0.119 e. The molecule has 27 heavy (non-hydrogen) atoms. The number of aliphatic hydroxyl groups excluding tert-OH is 2. The van der Waals surface area contributed by atoms with Crippen LogP contribution >= 0.6 is 0 Å². The van der Waals surface area contributed by atoms with E-state index in [4.69, 9.17) is 14.2 Å². The highest BCUT2D eigenvalue weighted by Crippen LogP contribution is 2.35. The maximum absolute atomic E-state index is 9.29. The Balaban J connectivity index is 2.27. The lowest BCUT2D eigenvalue weighted by molar-refractivity contribution is -0.0293. The topological polar surface area (TPSA) is 68.2 Å². The van der Waals surface area contributed by atoms with Crippen molar-refractivity contribution in [3.8, 4) is 11.5 Å². The Morgan fingerprint density at radius 3 is 1.56 bits per heavy atom. The van der Waals surface area contributed by atoms with Crippen LogP contribution in [-0.2, 0) is 4.74 Å². The highest BCUT2D eigenvalue weighted by atomic mass is 16.5. The third-order valence-electron chi connectivity index (χ3n) is 4.51. The van der Waals surface area contributed by atoms with Crippen LogP contribution in [0.4, 0.5) is 0 Å². The molecule has 0 aliphatic heterocycles. The summed E-state index contributed by atoms with van der Waals surface area (Å²) in [7, 11) is 3.28. The standard InChI is InChI=1S/C22H30O5/c1-25-19-9-3-7-17(15-19)21(11-5-13-23)27-22(12-6-14-24)18-8-4-10-20(16-18)26-2/h3-4,7-10,15-16,21-24H,5-6,11-14H2,1-2H3. The fourth-order valence-corrected chi connectivity index (χ4v) is 3.06. The van der Waals surface area contributed by atoms with Crippen molar-refractivity contribution in [3.63, 3.8) is 0 Å². The average Bonchev–Trinajstić information content (AvgIpc) is 2.73. The summed E-state index contributed by atoms with van der Waals surface area (Å²) in [5.41, 5.74) is 2.03. The van der Waals surface area contributed by atoms with Gasteiger partial charge in [-0.1, -0.05) is 24.3 Å². The number of rotatable bonds is 12. The van der Waals surface area contributed by atoms with Gasteiger partial charge in [-0.15, -0.1) is 0 Å². The Morgan fingerprint density at radius 2 is 1.19 bits per heavy atom. The predicted octanol–water partition coefficient (Wildman–Crippen LogP) is 4.05. The van der Waals surface area contributed by atoms with E-state index in [9.17, 15) is 10.2 Å². The van der Waals surface area contributed by atoms with Crippen LogP contribution in [0.25, 0.3) is 0 Å². The SMILES string of the molecule is COc1cccc(C(CCCO)OC(CCCO)c2cccc(OC)c2)c1. The van der Waals surface area contributed by atoms with E-state index in [-0.39, 0.29) is 25.4 Å². The molecule has 0 spiro atoms. The first kappa shape index (κ1) is 21.2. The van der Waals surface area contributed by atoms with Crippen LogP contribution in [-0.4, -0.2) is 37.6 Å². The zero-order chi connectivity index (χ0) is 19.5. The first-order valence-corrected chi connectivity index (χ1v) is 9.37. The van der Waals surface area contributed by atoms with Crippen molar-refractivity contribution >= 4 is 0 Å². The summed E-state index contributed by atoms with van der Waals surface area (Å²) in [6, 6.07) is 15.7. The normalized spacial score (nSPS) is 13.2. The number of aliphatic hydroxyl groups is 2. The third-order valence-corrected chi connectivity index (χ3v) is 4.51. The maximum Gasteiger partial charge on any atom is 0.119 e. The zero-order valence-corrected chi connectivity index (χ0v) is 16.1. The molecule has 2 aromatic carbocycles. The van der Waals surface area contributed by atoms with Crippen LogP contribution < -0.4 is 9.47 Å². The van der Waals surface area contributed by atoms with E-state index in [2.05, 4.69) is 0 Å². The highest BCUT2D eigenvalue weighted by Gasteiger charge is 2.21. The molecule has 0 aliphatic carbocycles. The quantitative estimate of drug-likeness (QED) is 0.587. The molecule has 2 unspecified atom stereocenters. The van der Waals surface area contributed by atoms with Crippen molar-refractivity contribution in [2.45, 2.75) is 37.9 Å². The second-order valence-corrected chi connectivity index (χ2v) is 6.40. The Morgan fingerprint density at radius 1 is 0.741 bits per heavy atom. The molecule has 0 radical (unpaired) electrons. The van der Waals surface area contributed by atoms with E-state index in [0.717, 1.165) is 22.6 Å². The molecular weight excluding hydrogens is 344 g/mol. The largest absolute Gasteiger partial charge is 0.497 e. The van der Waals surface area contributed by atoms with Gasteiger partial charge in [0.05, 0.1) is 26.4 Å². The Bertz CT molecular complexity index is 616. The minimum atomic E-state index is -0.179. The van der Waals surface area contributed by atoms with Gasteiger partial charge in [0.2, 0.25) is 0 Å². The molecule has 2 N–H and O–H groups in total. The van der Waals surface area contributed by atoms with Crippen LogP contribution in [0.1, 0.15) is 49.0 Å². The zero-order valence-electron chi connectivity index (χ0n) is 16.1. The van der Waals surface area contributed by atoms with Crippen LogP contribution in [0.5, 0.6) is 11.5 Å². The van der Waals surface area contributed by atoms with Crippen molar-refractivity contribution in [1.29, 1.82) is 0 Å². The molecule has 2 rings (SSSR count). The molecule has 0 aliphatic rings. The van der Waals surface area contributed by atoms with E-state index in [1.165, 1.54) is 0 Å². The summed E-state index contributed by atoms with van der Waals surface area (Å²) in [5.74, 6) is 1.55. The van der Waals surface area contributed by atoms with Crippen LogP contribution in [0.15, 0.2) is 48.5 Å². The summed E-state index contributed by atoms with van der Waals surface area (Å²) in [4.78, 5) is 0. The fourth-order valence-electron chi connectivity index (χ4n) is 3.06. The van der Waals surface area contributed by atoms with Gasteiger partial charge in [-0.3, -0.25) is 0 Å². The summed E-state index contributed by atoms with van der Waals surface area (Å²) >= 11 is 0. The van der Waals surface area contributed by atoms with Crippen LogP contribution in [0.2, 0.25) is 0 Å². The van der Waals surface area contributed by atoms with Crippen LogP contribution in [0, 0.1) is 0 Å². The van der Waals surface area contributed by atoms with Gasteiger partial charge < -0.3 is 24.4 Å². The molecule has 0 saturated heterocycles. The predicted molar refractivity (Wildman–Crippen MR) is 105 cm³/mol. The van der Waals surface area contributed by atoms with Gasteiger partial charge in [0, 0.05) is 13.2 Å². The molecule has 5 nitrogen and oxygen atoms in total. The average molecular weight is 374 g/mol. The first-order chi connectivity index (χ1) is 13.2. The molecule has 2 aromatic rings. The van der Waals surface area contributed by atoms with Crippen molar-refractivity contribution in [2.24, 2.45) is 0 Å². The third kappa shape index (κ3) is 6.54. The molecule has 0 fully saturated rings. The second-order valence-electron chi connectivity index (χ2n) is 6.40. The minimum absolute atomic E-state index is 0.115. The van der Waals surface area contributed by atoms with Gasteiger partial charge in [0.15, 0.2) is 0 Å². The van der Waals surface area contributed by atoms with Crippen molar-refractivity contribution < 1.29 is 24.4 Å². The van der Waals surface area contributed by atoms with Crippen molar-refractivity contribution in [1.82, 2.24) is 0 Å². The van der Waals surface area contributed by atoms with Gasteiger partial charge >= 0.3 is 0 Å². The lowest BCUT2D eigenvalue weighted by Crippen LogP contribution is -2.12. The van der Waals surface area contributed by atoms with Crippen molar-refractivity contribution in [3.05, 3.63) is 59.7 Å². The number of ether oxygens (including phenoxy) is 3. The number of benzene rings is 2. The second kappa shape index (κ2) is 11.6. The van der Waals surface area contributed by atoms with Gasteiger partial charge in [0.25, 0.3) is 0 Å². The highest BCUT2D eigenvalue weighted by molar-refractivity contribution is 5.31. The van der Waals surface area contributed by atoms with E-state index < -0.39 is 0 Å². The number of methoxy groups -OCH3 is 2. The molecule has 0 amide bonds. The van der Waals surface area contributed by atoms with E-state index in [0.29, 0.717) is 25.7 Å². The number of hydrogen-bond acceptors (Lipinski definition) is 5. The fraction of sp³-hybridized carbons (Fsp3) is 0.455. The molecule has 2 atom stereocenters. The lowest BCUT2D eigenvalue weighted by Gasteiger charge is -2.26. The monoisotopic (exact) mass is 374 g/mol. The Labute approximate surface area is 161 Å². The molecule has 0 bridgehead atoms. The first-order valence-electron chi connectivity index (χ1n) is 9.37. The van der Waals surface area contributed by atoms with E-state index >= 15 is 0 Å². The summed E-state index contributed by atoms with van der Waals surface area (Å²) in [6.45, 7) is 0.231. The van der Waals surface area contributed by atoms with Crippen LogP contribution in [0.3, 0.4) is 0 Å². The Hall–Kier alpha value is -2.08. The summed E-state index contributed by atoms with van der Waals surface area (Å²) in [6.07, 6.45) is 2.33.